The van der Waals surface area contributed by atoms with Crippen LogP contribution >= 0.6 is 0 Å². The maximum Gasteiger partial charge on any atom is 0.217 e. The van der Waals surface area contributed by atoms with Gasteiger partial charge in [0.05, 0.1) is 26.4 Å². The fraction of sp³-hybridized carbons (Fsp3) is 0.962. The van der Waals surface area contributed by atoms with Crippen LogP contribution in [0.1, 0.15) is 6.92 Å². The molecule has 280 valence electrons. The van der Waals surface area contributed by atoms with Crippen LogP contribution in [0.5, 0.6) is 0 Å². The van der Waals surface area contributed by atoms with E-state index in [1.807, 2.05) is 0 Å². The normalized spacial score (nSPS) is 48.0. The fourth-order valence-electron chi connectivity index (χ4n) is 5.95. The lowest BCUT2D eigenvalue weighted by atomic mass is 9.96. The highest BCUT2D eigenvalue weighted by Crippen LogP contribution is 2.36. The van der Waals surface area contributed by atoms with E-state index in [2.05, 4.69) is 5.32 Å². The number of ether oxygens (including phenoxy) is 7. The third-order valence-electron chi connectivity index (χ3n) is 8.56. The molecule has 0 aromatic rings. The average Bonchev–Trinajstić information content (AvgIpc) is 3.52. The van der Waals surface area contributed by atoms with Gasteiger partial charge in [0.1, 0.15) is 97.6 Å². The summed E-state index contributed by atoms with van der Waals surface area (Å²) in [4.78, 5) is 11.9. The van der Waals surface area contributed by atoms with Crippen molar-refractivity contribution in [2.45, 2.75) is 130 Å². The number of carbonyl (C=O) groups excluding carboxylic acids is 1. The van der Waals surface area contributed by atoms with E-state index in [4.69, 9.17) is 33.2 Å². The largest absolute Gasteiger partial charge is 0.394 e. The molecule has 0 bridgehead atoms. The number of hydrogen-bond acceptors (Lipinski definition) is 21. The van der Waals surface area contributed by atoms with Crippen LogP contribution in [0, 0.1) is 0 Å². The molecule has 4 heterocycles. The maximum atomic E-state index is 11.9. The summed E-state index contributed by atoms with van der Waals surface area (Å²) in [6.45, 7) is -2.43. The molecular weight excluding hydrogens is 662 g/mol. The number of rotatable bonds is 13. The minimum Gasteiger partial charge on any atom is -0.394 e. The molecule has 48 heavy (non-hydrogen) atoms. The van der Waals surface area contributed by atoms with E-state index >= 15 is 0 Å². The third-order valence-corrected chi connectivity index (χ3v) is 8.56. The lowest BCUT2D eigenvalue weighted by molar-refractivity contribution is -0.360. The van der Waals surface area contributed by atoms with Gasteiger partial charge in [-0.05, 0) is 0 Å². The van der Waals surface area contributed by atoms with Gasteiger partial charge in [-0.15, -0.1) is 0 Å². The predicted molar refractivity (Wildman–Crippen MR) is 145 cm³/mol. The predicted octanol–water partition coefficient (Wildman–Crippen LogP) is -9.61. The number of hydrogen-bond donors (Lipinski definition) is 14. The van der Waals surface area contributed by atoms with Crippen molar-refractivity contribution < 1.29 is 104 Å². The van der Waals surface area contributed by atoms with Crippen LogP contribution in [0.2, 0.25) is 0 Å². The van der Waals surface area contributed by atoms with Crippen molar-refractivity contribution in [1.82, 2.24) is 5.32 Å². The number of aliphatic hydroxyl groups is 13. The molecule has 4 fully saturated rings. The second-order valence-electron chi connectivity index (χ2n) is 11.9. The molecule has 4 aliphatic rings. The summed E-state index contributed by atoms with van der Waals surface area (Å²) in [6.07, 6.45) is -33.6. The van der Waals surface area contributed by atoms with E-state index in [0.29, 0.717) is 0 Å². The van der Waals surface area contributed by atoms with Gasteiger partial charge < -0.3 is 105 Å². The summed E-state index contributed by atoms with van der Waals surface area (Å²) in [5, 5.41) is 136. The van der Waals surface area contributed by atoms with Gasteiger partial charge in [0.15, 0.2) is 25.2 Å². The highest BCUT2D eigenvalue weighted by Gasteiger charge is 2.57. The van der Waals surface area contributed by atoms with Crippen molar-refractivity contribution in [3.05, 3.63) is 0 Å². The third kappa shape index (κ3) is 8.08. The first kappa shape index (κ1) is 39.5. The van der Waals surface area contributed by atoms with Gasteiger partial charge in [0.2, 0.25) is 5.91 Å². The summed E-state index contributed by atoms with van der Waals surface area (Å²) < 4.78 is 39.1. The van der Waals surface area contributed by atoms with Crippen molar-refractivity contribution in [3.8, 4) is 0 Å². The summed E-state index contributed by atoms with van der Waals surface area (Å²) in [5.41, 5.74) is 0. The zero-order chi connectivity index (χ0) is 35.6. The molecule has 14 N–H and O–H groups in total. The van der Waals surface area contributed by atoms with Gasteiger partial charge in [0.25, 0.3) is 0 Å². The van der Waals surface area contributed by atoms with Gasteiger partial charge in [-0.25, -0.2) is 0 Å². The maximum absolute atomic E-state index is 11.9. The Hall–Kier alpha value is -1.33. The van der Waals surface area contributed by atoms with Crippen molar-refractivity contribution in [2.24, 2.45) is 0 Å². The molecule has 0 aromatic heterocycles. The van der Waals surface area contributed by atoms with Crippen molar-refractivity contribution in [1.29, 1.82) is 0 Å². The molecule has 0 saturated carbocycles. The molecule has 22 heteroatoms. The molecule has 20 atom stereocenters. The van der Waals surface area contributed by atoms with Crippen LogP contribution in [0.3, 0.4) is 0 Å². The molecule has 22 nitrogen and oxygen atoms in total. The second kappa shape index (κ2) is 16.8. The highest BCUT2D eigenvalue weighted by atomic mass is 16.8. The minimum absolute atomic E-state index is 0.708. The Kier molecular flexibility index (Phi) is 13.8. The summed E-state index contributed by atoms with van der Waals surface area (Å²) in [7, 11) is 0. The summed E-state index contributed by atoms with van der Waals surface area (Å²) in [5.74, 6) is -0.708. The zero-order valence-corrected chi connectivity index (χ0v) is 25.5. The molecule has 0 aromatic carbocycles. The quantitative estimate of drug-likeness (QED) is 0.0844. The number of nitrogens with one attached hydrogen (secondary N) is 1. The Labute approximate surface area is 272 Å². The van der Waals surface area contributed by atoms with Gasteiger partial charge in [-0.2, -0.15) is 0 Å². The first-order chi connectivity index (χ1) is 22.7. The molecule has 4 rings (SSSR count). The Morgan fingerprint density at radius 3 is 1.69 bits per heavy atom. The van der Waals surface area contributed by atoms with E-state index in [1.165, 1.54) is 0 Å². The first-order valence-corrected chi connectivity index (χ1v) is 15.1. The number of amides is 1. The van der Waals surface area contributed by atoms with Gasteiger partial charge >= 0.3 is 0 Å². The van der Waals surface area contributed by atoms with E-state index < -0.39 is 155 Å². The zero-order valence-electron chi connectivity index (χ0n) is 25.5. The van der Waals surface area contributed by atoms with Crippen molar-refractivity contribution in [3.63, 3.8) is 0 Å². The monoisotopic (exact) mass is 707 g/mol. The molecule has 4 saturated heterocycles. The Morgan fingerprint density at radius 1 is 0.604 bits per heavy atom. The van der Waals surface area contributed by atoms with Crippen molar-refractivity contribution in [2.75, 3.05) is 26.4 Å². The van der Waals surface area contributed by atoms with Gasteiger partial charge in [-0.1, -0.05) is 0 Å². The first-order valence-electron chi connectivity index (χ1n) is 15.1. The molecule has 0 spiro atoms. The van der Waals surface area contributed by atoms with Crippen LogP contribution in [0.25, 0.3) is 0 Å². The Morgan fingerprint density at radius 2 is 1.12 bits per heavy atom. The molecule has 4 aliphatic heterocycles. The molecule has 0 aliphatic carbocycles. The second-order valence-corrected chi connectivity index (χ2v) is 11.9. The molecule has 0 radical (unpaired) electrons. The van der Waals surface area contributed by atoms with Crippen molar-refractivity contribution >= 4 is 5.91 Å². The summed E-state index contributed by atoms with van der Waals surface area (Å²) >= 11 is 0. The average molecular weight is 708 g/mol. The van der Waals surface area contributed by atoms with Crippen LogP contribution in [0.4, 0.5) is 0 Å². The number of carbonyl (C=O) groups is 1. The minimum atomic E-state index is -2.07. The Balaban J connectivity index is 1.63. The topological polar surface area (TPSA) is 357 Å². The van der Waals surface area contributed by atoms with Gasteiger partial charge in [-0.3, -0.25) is 4.79 Å². The SMILES string of the molecule is CC(=O)N[C@H]1[C@@H](O[C@H]2[C@@H](O[C@H]3C(O)O[C@H](CO)[C@H](O)[C@@H]3O[C@H]3O[C@@H]([C@H](O)CO)[C@H](O)[C@H]3O)O[C@@H]([C@H](O)CO)[C@@H]2O)O[C@H](CO)[C@@H](O)[C@@H]1O. The fourth-order valence-corrected chi connectivity index (χ4v) is 5.95. The van der Waals surface area contributed by atoms with E-state index in [9.17, 15) is 71.2 Å². The molecule has 1 amide bonds. The summed E-state index contributed by atoms with van der Waals surface area (Å²) in [6, 6.07) is -1.52. The Bertz CT molecular complexity index is 1030. The van der Waals surface area contributed by atoms with Gasteiger partial charge in [0, 0.05) is 6.92 Å². The smallest absolute Gasteiger partial charge is 0.217 e. The van der Waals surface area contributed by atoms with Crippen LogP contribution in [-0.2, 0) is 38.0 Å². The van der Waals surface area contributed by atoms with Crippen LogP contribution in [0.15, 0.2) is 0 Å². The standard InChI is InChI=1S/C26H45NO21/c1-6(32)27-11-14(37)12(35)9(4-30)43-24(11)47-21-17(40)19(8(34)3-29)45-26(21)48-22-20(13(36)10(5-31)42-23(22)41)46-25-16(39)15(38)18(44-25)7(33)2-28/h7-26,28-31,33-41H,2-5H2,1H3,(H,27,32)/t7-,8-,9-,10-,11-,12-,13+,14-,15-,16-,17+,18+,19+,20+,21-,22-,23?,24-,25-,26-/m1/s1. The highest BCUT2D eigenvalue weighted by molar-refractivity contribution is 5.73. The van der Waals surface area contributed by atoms with Crippen LogP contribution in [-0.4, -0.2) is 221 Å². The van der Waals surface area contributed by atoms with E-state index in [1.54, 1.807) is 0 Å². The lowest BCUT2D eigenvalue weighted by Crippen LogP contribution is -2.66. The van der Waals surface area contributed by atoms with E-state index in [-0.39, 0.29) is 0 Å². The number of aliphatic hydroxyl groups excluding tert-OH is 13. The molecule has 1 unspecified atom stereocenters. The van der Waals surface area contributed by atoms with Crippen LogP contribution < -0.4 is 5.32 Å². The van der Waals surface area contributed by atoms with E-state index in [0.717, 1.165) is 6.92 Å². The lowest BCUT2D eigenvalue weighted by Gasteiger charge is -2.45. The molecular formula is C26H45NO21.